The van der Waals surface area contributed by atoms with Crippen molar-refractivity contribution in [3.63, 3.8) is 0 Å². The summed E-state index contributed by atoms with van der Waals surface area (Å²) < 4.78 is 5.69. The Morgan fingerprint density at radius 3 is 2.52 bits per heavy atom. The van der Waals surface area contributed by atoms with Crippen LogP contribution in [0, 0.1) is 6.92 Å². The van der Waals surface area contributed by atoms with Crippen LogP contribution in [-0.4, -0.2) is 24.7 Å². The zero-order chi connectivity index (χ0) is 16.8. The number of methoxy groups -OCH3 is 1. The summed E-state index contributed by atoms with van der Waals surface area (Å²) in [6.45, 7) is 1.87. The third-order valence-corrected chi connectivity index (χ3v) is 4.66. The monoisotopic (exact) mass is 393 g/mol. The predicted molar refractivity (Wildman–Crippen MR) is 96.0 cm³/mol. The molecule has 2 aromatic rings. The van der Waals surface area contributed by atoms with Gasteiger partial charge in [-0.05, 0) is 48.9 Å². The summed E-state index contributed by atoms with van der Waals surface area (Å²) in [7, 11) is 1.33. The Morgan fingerprint density at radius 1 is 1.17 bits per heavy atom. The molecular formula is C17H16BrNO3S. The van der Waals surface area contributed by atoms with E-state index in [1.807, 2.05) is 31.2 Å². The molecule has 0 heterocycles. The SMILES string of the molecule is COC(=O)c1ccc(C)c(NC(=O)CSc2ccc(Br)cc2)c1. The molecule has 0 aliphatic rings. The molecule has 0 bridgehead atoms. The molecule has 4 nitrogen and oxygen atoms in total. The van der Waals surface area contributed by atoms with E-state index in [4.69, 9.17) is 4.74 Å². The molecule has 23 heavy (non-hydrogen) atoms. The molecule has 2 aromatic carbocycles. The van der Waals surface area contributed by atoms with E-state index < -0.39 is 5.97 Å². The van der Waals surface area contributed by atoms with Crippen molar-refractivity contribution in [3.8, 4) is 0 Å². The number of ether oxygens (including phenoxy) is 1. The number of benzene rings is 2. The van der Waals surface area contributed by atoms with Crippen molar-refractivity contribution < 1.29 is 14.3 Å². The number of carbonyl (C=O) groups excluding carboxylic acids is 2. The lowest BCUT2D eigenvalue weighted by Crippen LogP contribution is -2.15. The van der Waals surface area contributed by atoms with Gasteiger partial charge in [-0.1, -0.05) is 22.0 Å². The molecule has 0 radical (unpaired) electrons. The number of amides is 1. The fourth-order valence-corrected chi connectivity index (χ4v) is 2.83. The molecule has 0 aliphatic carbocycles. The molecule has 2 rings (SSSR count). The molecule has 0 aliphatic heterocycles. The Bertz CT molecular complexity index is 716. The highest BCUT2D eigenvalue weighted by molar-refractivity contribution is 9.10. The van der Waals surface area contributed by atoms with Crippen LogP contribution in [0.3, 0.4) is 0 Å². The van der Waals surface area contributed by atoms with E-state index in [0.29, 0.717) is 17.0 Å². The number of thioether (sulfide) groups is 1. The number of esters is 1. The Morgan fingerprint density at radius 2 is 1.87 bits per heavy atom. The number of hydrogen-bond donors (Lipinski definition) is 1. The minimum atomic E-state index is -0.426. The second-order valence-corrected chi connectivity index (χ2v) is 6.78. The van der Waals surface area contributed by atoms with E-state index in [-0.39, 0.29) is 5.91 Å². The first-order valence-corrected chi connectivity index (χ1v) is 8.64. The summed E-state index contributed by atoms with van der Waals surface area (Å²) in [5.74, 6) is -0.253. The van der Waals surface area contributed by atoms with Crippen LogP contribution >= 0.6 is 27.7 Å². The molecular weight excluding hydrogens is 378 g/mol. The van der Waals surface area contributed by atoms with E-state index in [2.05, 4.69) is 21.2 Å². The minimum Gasteiger partial charge on any atom is -0.465 e. The number of halogens is 1. The van der Waals surface area contributed by atoms with Gasteiger partial charge in [-0.25, -0.2) is 4.79 Å². The average Bonchev–Trinajstić information content (AvgIpc) is 2.55. The normalized spacial score (nSPS) is 10.2. The maximum Gasteiger partial charge on any atom is 0.337 e. The average molecular weight is 394 g/mol. The van der Waals surface area contributed by atoms with Crippen molar-refractivity contribution in [2.24, 2.45) is 0 Å². The van der Waals surface area contributed by atoms with E-state index in [0.717, 1.165) is 14.9 Å². The summed E-state index contributed by atoms with van der Waals surface area (Å²) in [6.07, 6.45) is 0. The second-order valence-electron chi connectivity index (χ2n) is 4.81. The molecule has 0 saturated carbocycles. The zero-order valence-electron chi connectivity index (χ0n) is 12.8. The van der Waals surface area contributed by atoms with Gasteiger partial charge in [0.25, 0.3) is 0 Å². The second kappa shape index (κ2) is 8.17. The van der Waals surface area contributed by atoms with Crippen LogP contribution < -0.4 is 5.32 Å². The fraction of sp³-hybridized carbons (Fsp3) is 0.176. The molecule has 0 unspecified atom stereocenters. The highest BCUT2D eigenvalue weighted by atomic mass is 79.9. The van der Waals surface area contributed by atoms with Crippen LogP contribution in [0.5, 0.6) is 0 Å². The number of aryl methyl sites for hydroxylation is 1. The third-order valence-electron chi connectivity index (χ3n) is 3.12. The van der Waals surface area contributed by atoms with Crippen LogP contribution in [0.4, 0.5) is 5.69 Å². The minimum absolute atomic E-state index is 0.122. The van der Waals surface area contributed by atoms with E-state index in [1.165, 1.54) is 18.9 Å². The van der Waals surface area contributed by atoms with Crippen molar-refractivity contribution in [2.45, 2.75) is 11.8 Å². The van der Waals surface area contributed by atoms with Crippen molar-refractivity contribution in [1.82, 2.24) is 0 Å². The Hall–Kier alpha value is -1.79. The highest BCUT2D eigenvalue weighted by Gasteiger charge is 2.10. The van der Waals surface area contributed by atoms with Gasteiger partial charge >= 0.3 is 5.97 Å². The van der Waals surface area contributed by atoms with Crippen LogP contribution in [0.15, 0.2) is 51.8 Å². The van der Waals surface area contributed by atoms with Gasteiger partial charge in [0.05, 0.1) is 18.4 Å². The van der Waals surface area contributed by atoms with Gasteiger partial charge in [0.2, 0.25) is 5.91 Å². The van der Waals surface area contributed by atoms with Crippen LogP contribution in [0.1, 0.15) is 15.9 Å². The van der Waals surface area contributed by atoms with Gasteiger partial charge in [-0.15, -0.1) is 11.8 Å². The van der Waals surface area contributed by atoms with Crippen molar-refractivity contribution in [1.29, 1.82) is 0 Å². The van der Waals surface area contributed by atoms with Gasteiger partial charge in [-0.2, -0.15) is 0 Å². The summed E-state index contributed by atoms with van der Waals surface area (Å²) in [4.78, 5) is 24.7. The van der Waals surface area contributed by atoms with Crippen LogP contribution in [-0.2, 0) is 9.53 Å². The number of carbonyl (C=O) groups is 2. The van der Waals surface area contributed by atoms with Crippen molar-refractivity contribution >= 4 is 45.3 Å². The number of anilines is 1. The lowest BCUT2D eigenvalue weighted by Gasteiger charge is -2.10. The van der Waals surface area contributed by atoms with E-state index in [9.17, 15) is 9.59 Å². The molecule has 1 amide bonds. The number of rotatable bonds is 5. The summed E-state index contributed by atoms with van der Waals surface area (Å²) in [5.41, 5.74) is 1.92. The molecule has 0 saturated heterocycles. The topological polar surface area (TPSA) is 55.4 Å². The molecule has 0 fully saturated rings. The molecule has 1 N–H and O–H groups in total. The fourth-order valence-electron chi connectivity index (χ4n) is 1.87. The van der Waals surface area contributed by atoms with Crippen molar-refractivity contribution in [2.75, 3.05) is 18.2 Å². The lowest BCUT2D eigenvalue weighted by atomic mass is 10.1. The molecule has 120 valence electrons. The van der Waals surface area contributed by atoms with Gasteiger partial charge in [0.15, 0.2) is 0 Å². The molecule has 0 spiro atoms. The smallest absolute Gasteiger partial charge is 0.337 e. The first-order valence-electron chi connectivity index (χ1n) is 6.87. The lowest BCUT2D eigenvalue weighted by molar-refractivity contribution is -0.113. The quantitative estimate of drug-likeness (QED) is 0.608. The Labute approximate surface area is 147 Å². The first kappa shape index (κ1) is 17.6. The molecule has 0 aromatic heterocycles. The van der Waals surface area contributed by atoms with Gasteiger partial charge in [0.1, 0.15) is 0 Å². The number of hydrogen-bond acceptors (Lipinski definition) is 4. The number of nitrogens with one attached hydrogen (secondary N) is 1. The zero-order valence-corrected chi connectivity index (χ0v) is 15.2. The largest absolute Gasteiger partial charge is 0.465 e. The van der Waals surface area contributed by atoms with Gasteiger partial charge in [0, 0.05) is 15.1 Å². The summed E-state index contributed by atoms with van der Waals surface area (Å²) >= 11 is 4.83. The van der Waals surface area contributed by atoms with E-state index in [1.54, 1.807) is 18.2 Å². The Kier molecular flexibility index (Phi) is 6.24. The summed E-state index contributed by atoms with van der Waals surface area (Å²) in [6, 6.07) is 12.9. The third kappa shape index (κ3) is 5.11. The van der Waals surface area contributed by atoms with Gasteiger partial charge < -0.3 is 10.1 Å². The predicted octanol–water partition coefficient (Wildman–Crippen LogP) is 4.27. The molecule has 6 heteroatoms. The van der Waals surface area contributed by atoms with Gasteiger partial charge in [-0.3, -0.25) is 4.79 Å². The van der Waals surface area contributed by atoms with Crippen LogP contribution in [0.25, 0.3) is 0 Å². The van der Waals surface area contributed by atoms with Crippen molar-refractivity contribution in [3.05, 3.63) is 58.1 Å². The summed E-state index contributed by atoms with van der Waals surface area (Å²) in [5, 5.41) is 2.83. The standard InChI is InChI=1S/C17H16BrNO3S/c1-11-3-4-12(17(21)22-2)9-15(11)19-16(20)10-23-14-7-5-13(18)6-8-14/h3-9H,10H2,1-2H3,(H,19,20). The van der Waals surface area contributed by atoms with Crippen LogP contribution in [0.2, 0.25) is 0 Å². The Balaban J connectivity index is 1.99. The van der Waals surface area contributed by atoms with E-state index >= 15 is 0 Å². The molecule has 0 atom stereocenters. The first-order chi connectivity index (χ1) is 11.0. The maximum atomic E-state index is 12.1. The highest BCUT2D eigenvalue weighted by Crippen LogP contribution is 2.22. The maximum absolute atomic E-state index is 12.1.